The summed E-state index contributed by atoms with van der Waals surface area (Å²) in [5, 5.41) is 15.5. The second-order valence-corrected chi connectivity index (χ2v) is 12.2. The molecule has 3 aliphatic heterocycles. The van der Waals surface area contributed by atoms with Gasteiger partial charge in [-0.1, -0.05) is 44.2 Å². The van der Waals surface area contributed by atoms with Crippen molar-refractivity contribution in [3.8, 4) is 0 Å². The number of fused-ring (bicyclic) bond motifs is 2. The highest BCUT2D eigenvalue weighted by molar-refractivity contribution is 8.02. The summed E-state index contributed by atoms with van der Waals surface area (Å²) < 4.78 is 4.67. The molecule has 7 nitrogen and oxygen atoms in total. The number of likely N-dealkylation sites (tertiary alicyclic amines) is 1. The van der Waals surface area contributed by atoms with Crippen LogP contribution in [0.1, 0.15) is 40.0 Å². The number of thioether (sulfide) groups is 1. The molecule has 2 N–H and O–H groups in total. The minimum Gasteiger partial charge on any atom is -0.466 e. The molecule has 3 fully saturated rings. The molecule has 3 aliphatic rings. The van der Waals surface area contributed by atoms with Crippen LogP contribution in [0.25, 0.3) is 10.8 Å². The minimum absolute atomic E-state index is 0.0335. The van der Waals surface area contributed by atoms with Crippen LogP contribution in [0, 0.1) is 17.8 Å². The van der Waals surface area contributed by atoms with Gasteiger partial charge in [0.15, 0.2) is 0 Å². The van der Waals surface area contributed by atoms with E-state index in [1.807, 2.05) is 56.3 Å². The fraction of sp³-hybridized carbons (Fsp3) is 0.536. The minimum atomic E-state index is -0.771. The van der Waals surface area contributed by atoms with Crippen LogP contribution in [0.2, 0.25) is 0 Å². The van der Waals surface area contributed by atoms with E-state index in [0.717, 1.165) is 17.2 Å². The average molecular weight is 511 g/mol. The number of ether oxygens (including phenoxy) is 1. The van der Waals surface area contributed by atoms with Gasteiger partial charge in [0, 0.05) is 10.9 Å². The smallest absolute Gasteiger partial charge is 0.310 e. The predicted octanol–water partition coefficient (Wildman–Crippen LogP) is 3.84. The van der Waals surface area contributed by atoms with Crippen molar-refractivity contribution in [2.24, 2.45) is 17.8 Å². The molecule has 8 heteroatoms. The Bertz CT molecular complexity index is 1190. The second-order valence-electron chi connectivity index (χ2n) is 10.6. The normalized spacial score (nSPS) is 29.6. The van der Waals surface area contributed by atoms with Gasteiger partial charge in [-0.2, -0.15) is 0 Å². The SMILES string of the molecule is CCOC(=O)[C@@H]1[C@H]2C(=O)N([C@@H](CO)CC(C)C)C(C(=O)Nc3ccc4ccccc4c3)C23CC[C@H]1S3. The van der Waals surface area contributed by atoms with Gasteiger partial charge in [-0.3, -0.25) is 14.4 Å². The van der Waals surface area contributed by atoms with Crippen LogP contribution >= 0.6 is 11.8 Å². The number of nitrogens with one attached hydrogen (secondary N) is 1. The molecule has 36 heavy (non-hydrogen) atoms. The van der Waals surface area contributed by atoms with Gasteiger partial charge in [0.25, 0.3) is 0 Å². The lowest BCUT2D eigenvalue weighted by molar-refractivity contribution is -0.154. The molecule has 192 valence electrons. The quantitative estimate of drug-likeness (QED) is 0.524. The van der Waals surface area contributed by atoms with Crippen molar-refractivity contribution >= 4 is 46.0 Å². The largest absolute Gasteiger partial charge is 0.466 e. The summed E-state index contributed by atoms with van der Waals surface area (Å²) >= 11 is 1.61. The van der Waals surface area contributed by atoms with Crippen molar-refractivity contribution < 1.29 is 24.2 Å². The van der Waals surface area contributed by atoms with E-state index in [2.05, 4.69) is 5.32 Å². The Balaban J connectivity index is 1.53. The molecule has 0 radical (unpaired) electrons. The van der Waals surface area contributed by atoms with Gasteiger partial charge in [-0.05, 0) is 55.0 Å². The van der Waals surface area contributed by atoms with E-state index in [4.69, 9.17) is 4.74 Å². The number of rotatable bonds is 8. The van der Waals surface area contributed by atoms with Crippen LogP contribution in [0.15, 0.2) is 42.5 Å². The van der Waals surface area contributed by atoms with Crippen molar-refractivity contribution in [3.63, 3.8) is 0 Å². The number of hydrogen-bond donors (Lipinski definition) is 2. The van der Waals surface area contributed by atoms with E-state index >= 15 is 0 Å². The van der Waals surface area contributed by atoms with E-state index in [9.17, 15) is 19.5 Å². The molecule has 5 rings (SSSR count). The van der Waals surface area contributed by atoms with Crippen LogP contribution in [-0.4, -0.2) is 63.1 Å². The zero-order chi connectivity index (χ0) is 25.6. The van der Waals surface area contributed by atoms with Crippen molar-refractivity contribution in [2.45, 2.75) is 62.1 Å². The zero-order valence-corrected chi connectivity index (χ0v) is 21.8. The van der Waals surface area contributed by atoms with Gasteiger partial charge in [-0.25, -0.2) is 0 Å². The molecule has 2 aromatic rings. The molecule has 3 heterocycles. The summed E-state index contributed by atoms with van der Waals surface area (Å²) in [6.45, 7) is 5.86. The van der Waals surface area contributed by atoms with Crippen molar-refractivity contribution in [1.82, 2.24) is 4.90 Å². The highest BCUT2D eigenvalue weighted by Gasteiger charge is 2.74. The maximum Gasteiger partial charge on any atom is 0.310 e. The zero-order valence-electron chi connectivity index (χ0n) is 21.0. The lowest BCUT2D eigenvalue weighted by Crippen LogP contribution is -2.55. The number of nitrogens with zero attached hydrogens (tertiary/aromatic N) is 1. The molecule has 2 unspecified atom stereocenters. The van der Waals surface area contributed by atoms with Gasteiger partial charge in [-0.15, -0.1) is 11.8 Å². The number of benzene rings is 2. The molecule has 6 atom stereocenters. The first-order valence-corrected chi connectivity index (χ1v) is 13.8. The first-order chi connectivity index (χ1) is 17.3. The lowest BCUT2D eigenvalue weighted by Gasteiger charge is -2.37. The Morgan fingerprint density at radius 3 is 2.67 bits per heavy atom. The molecule has 3 saturated heterocycles. The number of anilines is 1. The molecule has 0 aliphatic carbocycles. The molecular weight excluding hydrogens is 476 g/mol. The number of carbonyl (C=O) groups is 3. The first kappa shape index (κ1) is 25.1. The second kappa shape index (κ2) is 9.71. The number of esters is 1. The third-order valence-corrected chi connectivity index (χ3v) is 9.86. The predicted molar refractivity (Wildman–Crippen MR) is 140 cm³/mol. The molecular formula is C28H34N2O5S. The van der Waals surface area contributed by atoms with Crippen molar-refractivity contribution in [1.29, 1.82) is 0 Å². The van der Waals surface area contributed by atoms with E-state index in [0.29, 0.717) is 18.5 Å². The summed E-state index contributed by atoms with van der Waals surface area (Å²) in [4.78, 5) is 42.6. The fourth-order valence-corrected chi connectivity index (χ4v) is 8.78. The molecule has 2 aromatic carbocycles. The van der Waals surface area contributed by atoms with Crippen LogP contribution in [0.3, 0.4) is 0 Å². The molecule has 1 spiro atoms. The Kier molecular flexibility index (Phi) is 6.76. The highest BCUT2D eigenvalue weighted by Crippen LogP contribution is 2.66. The van der Waals surface area contributed by atoms with E-state index in [-0.39, 0.29) is 42.2 Å². The number of amides is 2. The summed E-state index contributed by atoms with van der Waals surface area (Å²) in [5.41, 5.74) is 0.662. The fourth-order valence-electron chi connectivity index (χ4n) is 6.59. The lowest BCUT2D eigenvalue weighted by atomic mass is 9.71. The number of hydrogen-bond acceptors (Lipinski definition) is 6. The summed E-state index contributed by atoms with van der Waals surface area (Å²) in [6, 6.07) is 12.4. The monoisotopic (exact) mass is 510 g/mol. The maximum atomic E-state index is 14.0. The van der Waals surface area contributed by atoms with Crippen LogP contribution in [0.5, 0.6) is 0 Å². The summed E-state index contributed by atoms with van der Waals surface area (Å²) in [5.74, 6) is -1.77. The molecule has 0 saturated carbocycles. The molecule has 0 aromatic heterocycles. The Labute approximate surface area is 215 Å². The Morgan fingerprint density at radius 1 is 1.22 bits per heavy atom. The van der Waals surface area contributed by atoms with Crippen LogP contribution in [-0.2, 0) is 19.1 Å². The van der Waals surface area contributed by atoms with Gasteiger partial charge < -0.3 is 20.1 Å². The first-order valence-electron chi connectivity index (χ1n) is 12.9. The molecule has 2 bridgehead atoms. The average Bonchev–Trinajstić information content (AvgIpc) is 3.50. The van der Waals surface area contributed by atoms with Crippen LogP contribution < -0.4 is 5.32 Å². The van der Waals surface area contributed by atoms with E-state index in [1.54, 1.807) is 23.6 Å². The van der Waals surface area contributed by atoms with E-state index < -0.39 is 28.7 Å². The maximum absolute atomic E-state index is 14.0. The number of aliphatic hydroxyl groups is 1. The topological polar surface area (TPSA) is 95.9 Å². The van der Waals surface area contributed by atoms with Gasteiger partial charge >= 0.3 is 5.97 Å². The summed E-state index contributed by atoms with van der Waals surface area (Å²) in [7, 11) is 0. The van der Waals surface area contributed by atoms with E-state index in [1.165, 1.54) is 0 Å². The third kappa shape index (κ3) is 3.98. The Hall–Kier alpha value is -2.58. The van der Waals surface area contributed by atoms with Gasteiger partial charge in [0.2, 0.25) is 11.8 Å². The third-order valence-electron chi connectivity index (χ3n) is 7.91. The Morgan fingerprint density at radius 2 is 1.97 bits per heavy atom. The molecule has 2 amide bonds. The number of carbonyl (C=O) groups excluding carboxylic acids is 3. The summed E-state index contributed by atoms with van der Waals surface area (Å²) in [6.07, 6.45) is 2.02. The number of aliphatic hydroxyl groups excluding tert-OH is 1. The highest BCUT2D eigenvalue weighted by atomic mass is 32.2. The van der Waals surface area contributed by atoms with Crippen LogP contribution in [0.4, 0.5) is 5.69 Å². The van der Waals surface area contributed by atoms with Crippen molar-refractivity contribution in [2.75, 3.05) is 18.5 Å². The van der Waals surface area contributed by atoms with Gasteiger partial charge in [0.1, 0.15) is 6.04 Å². The standard InChI is InChI=1S/C28H34N2O5S/c1-4-35-27(34)22-21-11-12-28(36-21)23(22)26(33)30(20(15-31)13-16(2)3)24(28)25(32)29-19-10-9-17-7-5-6-8-18(17)14-19/h5-10,14,16,20-24,31H,4,11-13,15H2,1-3H3,(H,29,32)/t20-,21-,22+,23+,24?,28?/m1/s1. The van der Waals surface area contributed by atoms with Gasteiger partial charge in [0.05, 0.1) is 35.8 Å². The van der Waals surface area contributed by atoms with Crippen molar-refractivity contribution in [3.05, 3.63) is 42.5 Å².